The van der Waals surface area contributed by atoms with Crippen molar-refractivity contribution in [2.75, 3.05) is 13.1 Å². The summed E-state index contributed by atoms with van der Waals surface area (Å²) in [5.41, 5.74) is 7.25. The monoisotopic (exact) mass is 443 g/mol. The van der Waals surface area contributed by atoms with Gasteiger partial charge in [0.15, 0.2) is 0 Å². The minimum absolute atomic E-state index is 0.0815. The molecule has 3 aromatic rings. The number of benzene rings is 3. The molecular formula is C33H33N. The molecule has 3 aliphatic rings. The van der Waals surface area contributed by atoms with Gasteiger partial charge in [-0.15, -0.1) is 0 Å². The van der Waals surface area contributed by atoms with Crippen molar-refractivity contribution < 1.29 is 0 Å². The SMILES string of the molecule is C=CC1=C2/C(=C\c3c4c5cccc6cccc(/c3=C/C=C\C=C\C4)c65)C(C)(C)CN2CC1(C)C. The molecule has 1 fully saturated rings. The van der Waals surface area contributed by atoms with Crippen molar-refractivity contribution in [3.05, 3.63) is 107 Å². The fraction of sp³-hybridized carbons (Fsp3) is 0.273. The first-order valence-electron chi connectivity index (χ1n) is 12.5. The second kappa shape index (κ2) is 7.34. The molecule has 6 rings (SSSR count). The summed E-state index contributed by atoms with van der Waals surface area (Å²) in [6.07, 6.45) is 16.7. The summed E-state index contributed by atoms with van der Waals surface area (Å²) < 4.78 is 0. The standard InChI is InChI=1S/C33H33N/c1-6-28-31-29(33(4,5)21-34(31)20-32(28,2)3)19-27-23-15-9-7-8-10-16-24(27)26-18-12-14-22-13-11-17-25(23)30(22)26/h6-15,17-19H,1,16,20-21H2,2-5H3/b9-7-,10-8+,23-15-,29-19+. The van der Waals surface area contributed by atoms with Crippen LogP contribution in [0.15, 0.2) is 90.2 Å². The predicted octanol–water partition coefficient (Wildman–Crippen LogP) is 7.37. The Balaban J connectivity index is 1.76. The second-order valence-corrected chi connectivity index (χ2v) is 11.3. The molecule has 0 aromatic heterocycles. The number of allylic oxidation sites excluding steroid dienone is 6. The average molecular weight is 444 g/mol. The van der Waals surface area contributed by atoms with Gasteiger partial charge in [-0.3, -0.25) is 0 Å². The highest BCUT2D eigenvalue weighted by atomic mass is 15.2. The Morgan fingerprint density at radius 2 is 1.62 bits per heavy atom. The van der Waals surface area contributed by atoms with Crippen LogP contribution in [0, 0.1) is 10.8 Å². The first kappa shape index (κ1) is 21.2. The molecule has 2 heterocycles. The van der Waals surface area contributed by atoms with Gasteiger partial charge in [0.25, 0.3) is 0 Å². The van der Waals surface area contributed by atoms with Gasteiger partial charge in [0.1, 0.15) is 0 Å². The van der Waals surface area contributed by atoms with Gasteiger partial charge < -0.3 is 4.90 Å². The lowest BCUT2D eigenvalue weighted by Gasteiger charge is -2.26. The summed E-state index contributed by atoms with van der Waals surface area (Å²) in [6.45, 7) is 15.9. The number of rotatable bonds is 2. The molecule has 0 saturated carbocycles. The molecule has 1 saturated heterocycles. The van der Waals surface area contributed by atoms with Crippen LogP contribution in [0.25, 0.3) is 33.7 Å². The fourth-order valence-corrected chi connectivity index (χ4v) is 6.56. The quantitative estimate of drug-likeness (QED) is 0.400. The zero-order valence-electron chi connectivity index (χ0n) is 20.8. The van der Waals surface area contributed by atoms with E-state index in [0.29, 0.717) is 0 Å². The number of hydrogen-bond acceptors (Lipinski definition) is 1. The Hall–Kier alpha value is -3.32. The first-order valence-corrected chi connectivity index (χ1v) is 12.5. The van der Waals surface area contributed by atoms with E-state index < -0.39 is 0 Å². The van der Waals surface area contributed by atoms with Crippen molar-refractivity contribution in [1.29, 1.82) is 0 Å². The van der Waals surface area contributed by atoms with E-state index >= 15 is 0 Å². The number of hydrogen-bond donors (Lipinski definition) is 0. The van der Waals surface area contributed by atoms with Crippen molar-refractivity contribution in [3.63, 3.8) is 0 Å². The summed E-state index contributed by atoms with van der Waals surface area (Å²) in [6, 6.07) is 13.5. The van der Waals surface area contributed by atoms with Crippen LogP contribution < -0.4 is 5.22 Å². The Labute approximate surface area is 203 Å². The summed E-state index contributed by atoms with van der Waals surface area (Å²) in [7, 11) is 0. The van der Waals surface area contributed by atoms with Crippen LogP contribution in [-0.2, 0) is 6.42 Å². The normalized spacial score (nSPS) is 24.5. The van der Waals surface area contributed by atoms with Gasteiger partial charge in [-0.1, -0.05) is 107 Å². The molecule has 3 aromatic carbocycles. The van der Waals surface area contributed by atoms with E-state index in [1.54, 1.807) is 0 Å². The van der Waals surface area contributed by atoms with Crippen LogP contribution in [0.1, 0.15) is 38.8 Å². The van der Waals surface area contributed by atoms with Crippen LogP contribution in [0.4, 0.5) is 0 Å². The van der Waals surface area contributed by atoms with Crippen molar-refractivity contribution in [1.82, 2.24) is 4.90 Å². The maximum absolute atomic E-state index is 4.23. The molecule has 0 spiro atoms. The molecular weight excluding hydrogens is 410 g/mol. The molecule has 1 heteroatoms. The Morgan fingerprint density at radius 1 is 0.882 bits per heavy atom. The van der Waals surface area contributed by atoms with E-state index in [4.69, 9.17) is 0 Å². The van der Waals surface area contributed by atoms with E-state index in [1.165, 1.54) is 54.7 Å². The molecule has 0 amide bonds. The van der Waals surface area contributed by atoms with E-state index in [9.17, 15) is 0 Å². The maximum atomic E-state index is 4.23. The highest BCUT2D eigenvalue weighted by Gasteiger charge is 2.47. The van der Waals surface area contributed by atoms with Crippen molar-refractivity contribution in [2.24, 2.45) is 10.8 Å². The fourth-order valence-electron chi connectivity index (χ4n) is 6.56. The highest BCUT2D eigenvalue weighted by Crippen LogP contribution is 2.52. The van der Waals surface area contributed by atoms with Crippen LogP contribution in [0.2, 0.25) is 0 Å². The lowest BCUT2D eigenvalue weighted by Crippen LogP contribution is -2.28. The first-order chi connectivity index (χ1) is 16.3. The second-order valence-electron chi connectivity index (χ2n) is 11.3. The zero-order valence-corrected chi connectivity index (χ0v) is 20.8. The van der Waals surface area contributed by atoms with E-state index in [2.05, 4.69) is 118 Å². The molecule has 1 nitrogen and oxygen atoms in total. The van der Waals surface area contributed by atoms with Crippen molar-refractivity contribution in [3.8, 4) is 0 Å². The molecule has 1 aliphatic carbocycles. The minimum atomic E-state index is 0.0815. The molecule has 0 N–H and O–H groups in total. The smallest absolute Gasteiger partial charge is 0.0444 e. The zero-order chi connectivity index (χ0) is 23.7. The van der Waals surface area contributed by atoms with Gasteiger partial charge in [-0.05, 0) is 61.5 Å². The van der Waals surface area contributed by atoms with E-state index in [0.717, 1.165) is 19.5 Å². The predicted molar refractivity (Wildman–Crippen MR) is 147 cm³/mol. The molecule has 0 unspecified atom stereocenters. The van der Waals surface area contributed by atoms with Gasteiger partial charge >= 0.3 is 0 Å². The summed E-state index contributed by atoms with van der Waals surface area (Å²) in [5, 5.41) is 6.75. The Kier molecular flexibility index (Phi) is 4.58. The molecule has 34 heavy (non-hydrogen) atoms. The topological polar surface area (TPSA) is 3.24 Å². The number of nitrogens with zero attached hydrogens (tertiary/aromatic N) is 1. The lowest BCUT2D eigenvalue weighted by molar-refractivity contribution is 0.277. The Morgan fingerprint density at radius 3 is 2.38 bits per heavy atom. The van der Waals surface area contributed by atoms with Gasteiger partial charge in [0.2, 0.25) is 0 Å². The minimum Gasteiger partial charge on any atom is -0.369 e. The highest BCUT2D eigenvalue weighted by molar-refractivity contribution is 6.13. The van der Waals surface area contributed by atoms with E-state index in [1.807, 2.05) is 0 Å². The molecule has 0 atom stereocenters. The lowest BCUT2D eigenvalue weighted by atomic mass is 9.78. The summed E-state index contributed by atoms with van der Waals surface area (Å²) >= 11 is 0. The van der Waals surface area contributed by atoms with Gasteiger partial charge in [0.05, 0.1) is 0 Å². The summed E-state index contributed by atoms with van der Waals surface area (Å²) in [5.74, 6) is 0. The van der Waals surface area contributed by atoms with Crippen molar-refractivity contribution >= 4 is 33.7 Å². The maximum Gasteiger partial charge on any atom is 0.0444 e. The van der Waals surface area contributed by atoms with Gasteiger partial charge in [-0.2, -0.15) is 0 Å². The van der Waals surface area contributed by atoms with Gasteiger partial charge in [0, 0.05) is 29.6 Å². The largest absolute Gasteiger partial charge is 0.369 e. The third-order valence-corrected chi connectivity index (χ3v) is 8.03. The van der Waals surface area contributed by atoms with Crippen LogP contribution in [-0.4, -0.2) is 18.0 Å². The third-order valence-electron chi connectivity index (χ3n) is 8.03. The average Bonchev–Trinajstić information content (AvgIpc) is 3.20. The third kappa shape index (κ3) is 2.99. The van der Waals surface area contributed by atoms with Crippen molar-refractivity contribution in [2.45, 2.75) is 34.1 Å². The Bertz CT molecular complexity index is 1530. The number of fused-ring (bicyclic) bond motifs is 5. The molecule has 170 valence electrons. The molecule has 2 aliphatic heterocycles. The van der Waals surface area contributed by atoms with E-state index in [-0.39, 0.29) is 10.8 Å². The van der Waals surface area contributed by atoms with Crippen LogP contribution in [0.3, 0.4) is 0 Å². The van der Waals surface area contributed by atoms with Crippen LogP contribution in [0.5, 0.6) is 0 Å². The molecule has 2 bridgehead atoms. The van der Waals surface area contributed by atoms with Gasteiger partial charge in [-0.25, -0.2) is 0 Å². The molecule has 0 radical (unpaired) electrons. The summed E-state index contributed by atoms with van der Waals surface area (Å²) in [4.78, 5) is 2.60. The van der Waals surface area contributed by atoms with Crippen LogP contribution >= 0.6 is 0 Å².